The number of thioether (sulfide) groups is 1. The van der Waals surface area contributed by atoms with Crippen molar-refractivity contribution in [3.63, 3.8) is 0 Å². The quantitative estimate of drug-likeness (QED) is 0.285. The number of rotatable bonds is 0. The van der Waals surface area contributed by atoms with Crippen LogP contribution in [0.2, 0.25) is 0 Å². The first kappa shape index (κ1) is 8.51. The van der Waals surface area contributed by atoms with E-state index in [0.29, 0.717) is 10.1 Å². The molecule has 1 fully saturated rings. The maximum Gasteiger partial charge on any atom is 1.00 e. The second-order valence-corrected chi connectivity index (χ2v) is 2.67. The fourth-order valence-electron chi connectivity index (χ4n) is 0.290. The molecule has 0 N–H and O–H groups in total. The van der Waals surface area contributed by atoms with Gasteiger partial charge in [0.1, 0.15) is 0 Å². The molecule has 1 rings (SSSR count). The molecule has 1 aliphatic heterocycles. The minimum atomic E-state index is -0.102. The van der Waals surface area contributed by atoms with Crippen molar-refractivity contribution < 1.29 is 23.7 Å². The normalized spacial score (nSPS) is 17.5. The molecular weight excluding hydrogens is 137 g/mol. The molecule has 0 bridgehead atoms. The number of thiocarbonyl (C=S) groups is 1. The number of amides is 1. The molecule has 0 unspecified atom stereocenters. The summed E-state index contributed by atoms with van der Waals surface area (Å²) < 4.78 is 0.477. The Morgan fingerprint density at radius 1 is 1.75 bits per heavy atom. The Hall–Kier alpha value is 0.507. The van der Waals surface area contributed by atoms with Crippen molar-refractivity contribution in [3.05, 3.63) is 5.32 Å². The predicted molar refractivity (Wildman–Crippen MR) is 33.4 cm³/mol. The molecule has 1 heterocycles. The average molecular weight is 139 g/mol. The van der Waals surface area contributed by atoms with E-state index in [4.69, 9.17) is 0 Å². The van der Waals surface area contributed by atoms with Gasteiger partial charge in [-0.25, -0.2) is 0 Å². The number of carbonyl (C=O) groups is 1. The van der Waals surface area contributed by atoms with Crippen LogP contribution < -0.4 is 18.9 Å². The average Bonchev–Trinajstić information content (AvgIpc) is 1.87. The minimum Gasteiger partial charge on any atom is -0.611 e. The summed E-state index contributed by atoms with van der Waals surface area (Å²) in [5, 5.41) is 3.44. The summed E-state index contributed by atoms with van der Waals surface area (Å²) in [5.41, 5.74) is 0. The molecule has 0 aliphatic carbocycles. The van der Waals surface area contributed by atoms with Crippen LogP contribution in [0.5, 0.6) is 0 Å². The molecule has 0 radical (unpaired) electrons. The van der Waals surface area contributed by atoms with Crippen molar-refractivity contribution >= 4 is 34.2 Å². The fourth-order valence-corrected chi connectivity index (χ4v) is 1.05. The third-order valence-corrected chi connectivity index (χ3v) is 1.71. The van der Waals surface area contributed by atoms with Crippen LogP contribution in [0.4, 0.5) is 0 Å². The SMILES string of the molecule is O=C1CSC(=S)[N-]1.[Li+]. The van der Waals surface area contributed by atoms with E-state index in [2.05, 4.69) is 17.5 Å². The van der Waals surface area contributed by atoms with Gasteiger partial charge in [0.15, 0.2) is 0 Å². The van der Waals surface area contributed by atoms with Crippen LogP contribution in [0.15, 0.2) is 0 Å². The molecule has 0 spiro atoms. The minimum absolute atomic E-state index is 0. The van der Waals surface area contributed by atoms with Gasteiger partial charge in [0.05, 0.1) is 5.91 Å². The van der Waals surface area contributed by atoms with Gasteiger partial charge < -0.3 is 10.1 Å². The van der Waals surface area contributed by atoms with Gasteiger partial charge in [-0.1, -0.05) is 12.2 Å². The Morgan fingerprint density at radius 2 is 2.38 bits per heavy atom. The molecule has 0 aromatic carbocycles. The van der Waals surface area contributed by atoms with Crippen molar-refractivity contribution in [3.8, 4) is 0 Å². The summed E-state index contributed by atoms with van der Waals surface area (Å²) in [5.74, 6) is 0.341. The molecule has 1 aliphatic rings. The van der Waals surface area contributed by atoms with Gasteiger partial charge in [0.25, 0.3) is 0 Å². The Balaban J connectivity index is 0.000000490. The first-order valence-corrected chi connectivity index (χ1v) is 3.10. The molecule has 5 heteroatoms. The predicted octanol–water partition coefficient (Wildman–Crippen LogP) is -2.08. The van der Waals surface area contributed by atoms with Crippen molar-refractivity contribution in [1.29, 1.82) is 0 Å². The number of nitrogens with zero attached hydrogens (tertiary/aromatic N) is 1. The van der Waals surface area contributed by atoms with E-state index in [-0.39, 0.29) is 24.8 Å². The van der Waals surface area contributed by atoms with E-state index in [9.17, 15) is 4.79 Å². The zero-order valence-electron chi connectivity index (χ0n) is 4.38. The standard InChI is InChI=1S/C3H3NOS2.Li/c5-2-1-7-3(6)4-2;/h1H2,(H,4,5,6);/q;+1/p-1. The van der Waals surface area contributed by atoms with E-state index in [0.717, 1.165) is 0 Å². The van der Waals surface area contributed by atoms with Gasteiger partial charge in [0.2, 0.25) is 0 Å². The van der Waals surface area contributed by atoms with Crippen LogP contribution in [-0.4, -0.2) is 16.0 Å². The molecular formula is C3H2LiNOS2. The van der Waals surface area contributed by atoms with Gasteiger partial charge in [-0.2, -0.15) is 0 Å². The summed E-state index contributed by atoms with van der Waals surface area (Å²) in [6.07, 6.45) is 0. The van der Waals surface area contributed by atoms with E-state index in [1.165, 1.54) is 11.8 Å². The summed E-state index contributed by atoms with van der Waals surface area (Å²) in [4.78, 5) is 10.2. The van der Waals surface area contributed by atoms with E-state index in [1.807, 2.05) is 0 Å². The number of hydrogen-bond acceptors (Lipinski definition) is 3. The van der Waals surface area contributed by atoms with Crippen LogP contribution in [-0.2, 0) is 4.79 Å². The molecule has 0 saturated carbocycles. The Morgan fingerprint density at radius 3 is 2.50 bits per heavy atom. The van der Waals surface area contributed by atoms with Crippen LogP contribution in [0.3, 0.4) is 0 Å². The summed E-state index contributed by atoms with van der Waals surface area (Å²) >= 11 is 5.89. The van der Waals surface area contributed by atoms with Gasteiger partial charge in [0, 0.05) is 5.75 Å². The zero-order valence-corrected chi connectivity index (χ0v) is 6.01. The summed E-state index contributed by atoms with van der Waals surface area (Å²) in [6.45, 7) is 0. The van der Waals surface area contributed by atoms with Crippen molar-refractivity contribution in [2.45, 2.75) is 0 Å². The largest absolute Gasteiger partial charge is 1.00 e. The van der Waals surface area contributed by atoms with Crippen LogP contribution in [0, 0.1) is 0 Å². The maximum atomic E-state index is 10.2. The molecule has 0 atom stereocenters. The van der Waals surface area contributed by atoms with Crippen molar-refractivity contribution in [2.24, 2.45) is 0 Å². The van der Waals surface area contributed by atoms with Gasteiger partial charge in [-0.15, -0.1) is 11.8 Å². The van der Waals surface area contributed by atoms with Gasteiger partial charge >= 0.3 is 18.9 Å². The first-order valence-electron chi connectivity index (χ1n) is 1.70. The van der Waals surface area contributed by atoms with E-state index in [1.54, 1.807) is 0 Å². The first-order chi connectivity index (χ1) is 3.29. The second kappa shape index (κ2) is 3.52. The van der Waals surface area contributed by atoms with Crippen LogP contribution >= 0.6 is 24.0 Å². The monoisotopic (exact) mass is 139 g/mol. The van der Waals surface area contributed by atoms with Crippen molar-refractivity contribution in [2.75, 3.05) is 5.75 Å². The van der Waals surface area contributed by atoms with E-state index < -0.39 is 0 Å². The maximum absolute atomic E-state index is 10.2. The van der Waals surface area contributed by atoms with Crippen LogP contribution in [0.25, 0.3) is 5.32 Å². The van der Waals surface area contributed by atoms with Crippen molar-refractivity contribution in [1.82, 2.24) is 0 Å². The Bertz CT molecular complexity index is 112. The summed E-state index contributed by atoms with van der Waals surface area (Å²) in [6, 6.07) is 0. The Labute approximate surface area is 69.0 Å². The Kier molecular flexibility index (Phi) is 3.74. The number of hydrogen-bond donors (Lipinski definition) is 0. The number of carbonyl (C=O) groups excluding carboxylic acids is 1. The molecule has 2 nitrogen and oxygen atoms in total. The molecule has 8 heavy (non-hydrogen) atoms. The molecule has 0 aromatic heterocycles. The summed E-state index contributed by atoms with van der Waals surface area (Å²) in [7, 11) is 0. The topological polar surface area (TPSA) is 31.2 Å². The smallest absolute Gasteiger partial charge is 0.611 e. The van der Waals surface area contributed by atoms with Gasteiger partial charge in [-0.3, -0.25) is 0 Å². The second-order valence-electron chi connectivity index (χ2n) is 1.06. The van der Waals surface area contributed by atoms with E-state index >= 15 is 0 Å². The molecule has 1 amide bonds. The molecule has 0 aromatic rings. The third-order valence-electron chi connectivity index (χ3n) is 0.535. The molecule has 1 saturated heterocycles. The third kappa shape index (κ3) is 2.18. The molecule has 38 valence electrons. The fraction of sp³-hybridized carbons (Fsp3) is 0.333. The van der Waals surface area contributed by atoms with Gasteiger partial charge in [-0.05, 0) is 4.32 Å². The zero-order chi connectivity index (χ0) is 5.28. The van der Waals surface area contributed by atoms with Crippen LogP contribution in [0.1, 0.15) is 0 Å².